The van der Waals surface area contributed by atoms with E-state index in [1.807, 2.05) is 24.7 Å². The molecule has 0 unspecified atom stereocenters. The highest BCUT2D eigenvalue weighted by Gasteiger charge is 2.14. The molecule has 1 aromatic carbocycles. The van der Waals surface area contributed by atoms with Crippen molar-refractivity contribution in [2.24, 2.45) is 7.05 Å². The fraction of sp³-hybridized carbons (Fsp3) is 0.125. The number of aryl methyl sites for hydroxylation is 1. The molecule has 0 atom stereocenters. The molecule has 4 rings (SSSR count). The van der Waals surface area contributed by atoms with Gasteiger partial charge < -0.3 is 14.9 Å². The Labute approximate surface area is 125 Å². The molecule has 22 heavy (non-hydrogen) atoms. The number of nitrogens with one attached hydrogen (secondary N) is 2. The van der Waals surface area contributed by atoms with E-state index >= 15 is 0 Å². The first kappa shape index (κ1) is 12.8. The molecule has 0 aliphatic rings. The summed E-state index contributed by atoms with van der Waals surface area (Å²) < 4.78 is 15.1. The van der Waals surface area contributed by atoms with Gasteiger partial charge in [0.05, 0.1) is 11.8 Å². The van der Waals surface area contributed by atoms with Crippen LogP contribution in [0.15, 0.2) is 36.7 Å². The molecule has 0 aliphatic carbocycles. The fourth-order valence-corrected chi connectivity index (χ4v) is 2.76. The molecule has 110 valence electrons. The van der Waals surface area contributed by atoms with E-state index in [4.69, 9.17) is 0 Å². The van der Waals surface area contributed by atoms with E-state index in [1.165, 1.54) is 12.1 Å². The van der Waals surface area contributed by atoms with Gasteiger partial charge in [-0.05, 0) is 35.9 Å². The van der Waals surface area contributed by atoms with Gasteiger partial charge in [-0.15, -0.1) is 0 Å². The van der Waals surface area contributed by atoms with Crippen LogP contribution in [0.5, 0.6) is 0 Å². The quantitative estimate of drug-likeness (QED) is 0.596. The molecule has 0 fully saturated rings. The number of hydrogen-bond acceptors (Lipinski definition) is 3. The Bertz CT molecular complexity index is 981. The third-order valence-electron chi connectivity index (χ3n) is 3.83. The number of fused-ring (bicyclic) bond motifs is 3. The van der Waals surface area contributed by atoms with Gasteiger partial charge in [0, 0.05) is 25.2 Å². The minimum absolute atomic E-state index is 0.246. The number of aromatic amines is 1. The highest BCUT2D eigenvalue weighted by molar-refractivity contribution is 6.07. The minimum atomic E-state index is -0.246. The van der Waals surface area contributed by atoms with Crippen molar-refractivity contribution in [1.82, 2.24) is 19.5 Å². The third-order valence-corrected chi connectivity index (χ3v) is 3.83. The summed E-state index contributed by atoms with van der Waals surface area (Å²) in [5, 5.41) is 4.07. The largest absolute Gasteiger partial charge is 0.371 e. The van der Waals surface area contributed by atoms with Crippen LogP contribution in [0.4, 0.5) is 10.2 Å². The van der Waals surface area contributed by atoms with Gasteiger partial charge >= 0.3 is 0 Å². The number of benzene rings is 1. The molecule has 3 heterocycles. The molecule has 0 radical (unpaired) electrons. The molecule has 5 nitrogen and oxygen atoms in total. The van der Waals surface area contributed by atoms with Crippen LogP contribution in [-0.4, -0.2) is 26.6 Å². The first-order valence-electron chi connectivity index (χ1n) is 6.95. The smallest absolute Gasteiger partial charge is 0.156 e. The number of halogens is 1. The van der Waals surface area contributed by atoms with E-state index in [0.717, 1.165) is 39.1 Å². The normalized spacial score (nSPS) is 11.4. The van der Waals surface area contributed by atoms with E-state index in [-0.39, 0.29) is 5.82 Å². The van der Waals surface area contributed by atoms with Gasteiger partial charge in [-0.3, -0.25) is 0 Å². The molecular formula is C16H14FN5. The van der Waals surface area contributed by atoms with E-state index in [1.54, 1.807) is 18.5 Å². The van der Waals surface area contributed by atoms with Crippen LogP contribution in [0.25, 0.3) is 33.3 Å². The first-order chi connectivity index (χ1) is 10.7. The summed E-state index contributed by atoms with van der Waals surface area (Å²) in [6.45, 7) is 0. The summed E-state index contributed by atoms with van der Waals surface area (Å²) in [7, 11) is 3.78. The molecule has 0 bridgehead atoms. The maximum atomic E-state index is 13.1. The van der Waals surface area contributed by atoms with Crippen LogP contribution < -0.4 is 5.32 Å². The van der Waals surface area contributed by atoms with Crippen molar-refractivity contribution >= 4 is 27.9 Å². The maximum absolute atomic E-state index is 13.1. The van der Waals surface area contributed by atoms with Crippen molar-refractivity contribution in [2.45, 2.75) is 0 Å². The Kier molecular flexibility index (Phi) is 2.66. The second-order valence-corrected chi connectivity index (χ2v) is 5.22. The lowest BCUT2D eigenvalue weighted by Crippen LogP contribution is -1.95. The van der Waals surface area contributed by atoms with E-state index in [2.05, 4.69) is 20.3 Å². The molecular weight excluding hydrogens is 281 g/mol. The summed E-state index contributed by atoms with van der Waals surface area (Å²) in [6.07, 6.45) is 1.77. The summed E-state index contributed by atoms with van der Waals surface area (Å²) in [5.74, 6) is 0.486. The molecule has 2 N–H and O–H groups in total. The number of aromatic nitrogens is 4. The Morgan fingerprint density at radius 2 is 2.00 bits per heavy atom. The highest BCUT2D eigenvalue weighted by atomic mass is 19.1. The monoisotopic (exact) mass is 295 g/mol. The number of hydrogen-bond donors (Lipinski definition) is 2. The Hall–Kier alpha value is -2.89. The fourth-order valence-electron chi connectivity index (χ4n) is 2.76. The Balaban J connectivity index is 2.02. The number of H-pyrrole nitrogens is 1. The van der Waals surface area contributed by atoms with Gasteiger partial charge in [-0.25, -0.2) is 14.4 Å². The predicted molar refractivity (Wildman–Crippen MR) is 85.3 cm³/mol. The lowest BCUT2D eigenvalue weighted by Gasteiger charge is -2.02. The zero-order chi connectivity index (χ0) is 15.3. The van der Waals surface area contributed by atoms with Gasteiger partial charge in [0.25, 0.3) is 0 Å². The van der Waals surface area contributed by atoms with Crippen LogP contribution in [0.2, 0.25) is 0 Å². The summed E-state index contributed by atoms with van der Waals surface area (Å²) in [4.78, 5) is 12.3. The van der Waals surface area contributed by atoms with Crippen LogP contribution in [0.1, 0.15) is 0 Å². The first-order valence-corrected chi connectivity index (χ1v) is 6.95. The van der Waals surface area contributed by atoms with Crippen LogP contribution in [0.3, 0.4) is 0 Å². The van der Waals surface area contributed by atoms with Gasteiger partial charge in [0.15, 0.2) is 5.82 Å². The number of imidazole rings is 1. The summed E-state index contributed by atoms with van der Waals surface area (Å²) in [6, 6.07) is 8.43. The average Bonchev–Trinajstić information content (AvgIpc) is 3.10. The van der Waals surface area contributed by atoms with E-state index < -0.39 is 0 Å². The SMILES string of the molecule is CNc1nc2[nH]c(-c3ccc(F)cc3)cc2c2c1ncn2C. The molecule has 4 aromatic rings. The second-order valence-electron chi connectivity index (χ2n) is 5.22. The minimum Gasteiger partial charge on any atom is -0.371 e. The Morgan fingerprint density at radius 1 is 1.23 bits per heavy atom. The standard InChI is InChI=1S/C16H14FN5/c1-18-16-13-14(22(2)8-19-13)11-7-12(20-15(11)21-16)9-3-5-10(17)6-4-9/h3-8H,1-2H3,(H2,18,20,21). The zero-order valence-electron chi connectivity index (χ0n) is 12.2. The van der Waals surface area contributed by atoms with Crippen LogP contribution in [0, 0.1) is 5.82 Å². The van der Waals surface area contributed by atoms with Crippen LogP contribution in [-0.2, 0) is 7.05 Å². The van der Waals surface area contributed by atoms with Gasteiger partial charge in [-0.1, -0.05) is 0 Å². The van der Waals surface area contributed by atoms with E-state index in [9.17, 15) is 4.39 Å². The zero-order valence-corrected chi connectivity index (χ0v) is 12.2. The van der Waals surface area contributed by atoms with Crippen molar-refractivity contribution in [3.05, 3.63) is 42.5 Å². The maximum Gasteiger partial charge on any atom is 0.156 e. The molecule has 6 heteroatoms. The highest BCUT2D eigenvalue weighted by Crippen LogP contribution is 2.31. The second kappa shape index (κ2) is 4.56. The lowest BCUT2D eigenvalue weighted by atomic mass is 10.1. The predicted octanol–water partition coefficient (Wildman–Crippen LogP) is 3.30. The van der Waals surface area contributed by atoms with Crippen molar-refractivity contribution in [3.63, 3.8) is 0 Å². The van der Waals surface area contributed by atoms with Crippen molar-refractivity contribution in [3.8, 4) is 11.3 Å². The van der Waals surface area contributed by atoms with Gasteiger partial charge in [-0.2, -0.15) is 0 Å². The van der Waals surface area contributed by atoms with Crippen molar-refractivity contribution in [2.75, 3.05) is 12.4 Å². The molecule has 0 saturated carbocycles. The molecule has 0 amide bonds. The van der Waals surface area contributed by atoms with Crippen LogP contribution >= 0.6 is 0 Å². The third kappa shape index (κ3) is 1.77. The number of anilines is 1. The number of nitrogens with zero attached hydrogens (tertiary/aromatic N) is 3. The van der Waals surface area contributed by atoms with Crippen molar-refractivity contribution < 1.29 is 4.39 Å². The summed E-state index contributed by atoms with van der Waals surface area (Å²) in [5.41, 5.74) is 4.44. The lowest BCUT2D eigenvalue weighted by molar-refractivity contribution is 0.628. The topological polar surface area (TPSA) is 58.5 Å². The molecule has 0 aliphatic heterocycles. The number of pyridine rings is 1. The van der Waals surface area contributed by atoms with Crippen molar-refractivity contribution in [1.29, 1.82) is 0 Å². The molecule has 0 spiro atoms. The van der Waals surface area contributed by atoms with Gasteiger partial charge in [0.1, 0.15) is 17.0 Å². The van der Waals surface area contributed by atoms with Gasteiger partial charge in [0.2, 0.25) is 0 Å². The summed E-state index contributed by atoms with van der Waals surface area (Å²) >= 11 is 0. The molecule has 3 aromatic heterocycles. The average molecular weight is 295 g/mol. The Morgan fingerprint density at radius 3 is 2.73 bits per heavy atom. The molecule has 0 saturated heterocycles. The number of rotatable bonds is 2. The van der Waals surface area contributed by atoms with E-state index in [0.29, 0.717) is 0 Å².